The third kappa shape index (κ3) is 3.28. The van der Waals surface area contributed by atoms with Crippen LogP contribution in [0, 0.1) is 6.92 Å². The molecule has 1 aromatic rings. The van der Waals surface area contributed by atoms with Crippen LogP contribution in [0.5, 0.6) is 0 Å². The molecular weight excluding hydrogens is 218 g/mol. The lowest BCUT2D eigenvalue weighted by Gasteiger charge is -2.23. The normalized spacial score (nSPS) is 20.0. The van der Waals surface area contributed by atoms with Crippen molar-refractivity contribution in [3.8, 4) is 0 Å². The van der Waals surface area contributed by atoms with Crippen molar-refractivity contribution in [3.63, 3.8) is 0 Å². The Morgan fingerprint density at radius 1 is 1.53 bits per heavy atom. The predicted molar refractivity (Wildman–Crippen MR) is 66.7 cm³/mol. The molecule has 0 radical (unpaired) electrons. The maximum absolute atomic E-state index is 5.65. The fraction of sp³-hybridized carbons (Fsp3) is 0.636. The Kier molecular flexibility index (Phi) is 4.11. The van der Waals surface area contributed by atoms with Gasteiger partial charge in [-0.15, -0.1) is 0 Å². The summed E-state index contributed by atoms with van der Waals surface area (Å²) in [5, 5.41) is 3.29. The summed E-state index contributed by atoms with van der Waals surface area (Å²) in [6, 6.07) is 0. The standard InChI is InChI=1S/C11H19N5O/c1-8-6-14-11(16-12)15-10(8)13-7-9-4-2-3-5-17-9/h6,9H,2-5,7,12H2,1H3,(H2,13,14,15,16). The number of ether oxygens (including phenoxy) is 1. The maximum atomic E-state index is 5.65. The second-order valence-corrected chi connectivity index (χ2v) is 4.24. The number of hydrogen-bond acceptors (Lipinski definition) is 6. The van der Waals surface area contributed by atoms with Crippen LogP contribution in [0.2, 0.25) is 0 Å². The minimum atomic E-state index is 0.285. The second-order valence-electron chi connectivity index (χ2n) is 4.24. The highest BCUT2D eigenvalue weighted by Crippen LogP contribution is 2.15. The monoisotopic (exact) mass is 237 g/mol. The van der Waals surface area contributed by atoms with Gasteiger partial charge in [0, 0.05) is 24.9 Å². The number of nitrogens with one attached hydrogen (secondary N) is 2. The van der Waals surface area contributed by atoms with Crippen molar-refractivity contribution in [2.45, 2.75) is 32.3 Å². The Bertz CT molecular complexity index is 365. The number of rotatable bonds is 4. The third-order valence-corrected chi connectivity index (χ3v) is 2.87. The highest BCUT2D eigenvalue weighted by Gasteiger charge is 2.14. The molecule has 0 saturated carbocycles. The molecule has 1 aliphatic heterocycles. The van der Waals surface area contributed by atoms with Crippen molar-refractivity contribution < 1.29 is 4.74 Å². The van der Waals surface area contributed by atoms with Crippen LogP contribution in [0.3, 0.4) is 0 Å². The number of nitrogens with zero attached hydrogens (tertiary/aromatic N) is 2. The van der Waals surface area contributed by atoms with E-state index >= 15 is 0 Å². The predicted octanol–water partition coefficient (Wildman–Crippen LogP) is 1.05. The fourth-order valence-corrected chi connectivity index (χ4v) is 1.87. The van der Waals surface area contributed by atoms with Crippen LogP contribution in [-0.2, 0) is 4.74 Å². The van der Waals surface area contributed by atoms with Crippen LogP contribution in [0.25, 0.3) is 0 Å². The topological polar surface area (TPSA) is 85.1 Å². The molecule has 1 aliphatic rings. The molecule has 0 aliphatic carbocycles. The fourth-order valence-electron chi connectivity index (χ4n) is 1.87. The van der Waals surface area contributed by atoms with Crippen LogP contribution < -0.4 is 16.6 Å². The van der Waals surface area contributed by atoms with Crippen molar-refractivity contribution in [1.29, 1.82) is 0 Å². The van der Waals surface area contributed by atoms with Gasteiger partial charge in [0.25, 0.3) is 0 Å². The van der Waals surface area contributed by atoms with E-state index in [-0.39, 0.29) is 6.10 Å². The van der Waals surface area contributed by atoms with E-state index < -0.39 is 0 Å². The van der Waals surface area contributed by atoms with E-state index in [1.165, 1.54) is 12.8 Å². The molecule has 0 spiro atoms. The van der Waals surface area contributed by atoms with Gasteiger partial charge in [-0.3, -0.25) is 5.43 Å². The molecule has 1 atom stereocenters. The number of nitrogens with two attached hydrogens (primary N) is 1. The maximum Gasteiger partial charge on any atom is 0.239 e. The van der Waals surface area contributed by atoms with Crippen molar-refractivity contribution in [2.75, 3.05) is 23.9 Å². The summed E-state index contributed by atoms with van der Waals surface area (Å²) in [6.45, 7) is 3.61. The van der Waals surface area contributed by atoms with E-state index in [0.717, 1.165) is 31.0 Å². The largest absolute Gasteiger partial charge is 0.376 e. The molecule has 6 nitrogen and oxygen atoms in total. The van der Waals surface area contributed by atoms with Gasteiger partial charge in [-0.05, 0) is 26.2 Å². The number of hydrazine groups is 1. The first-order valence-corrected chi connectivity index (χ1v) is 5.95. The van der Waals surface area contributed by atoms with Crippen LogP contribution >= 0.6 is 0 Å². The van der Waals surface area contributed by atoms with Crippen LogP contribution in [-0.4, -0.2) is 29.2 Å². The van der Waals surface area contributed by atoms with Gasteiger partial charge in [-0.25, -0.2) is 10.8 Å². The van der Waals surface area contributed by atoms with Gasteiger partial charge in [0.2, 0.25) is 5.95 Å². The summed E-state index contributed by atoms with van der Waals surface area (Å²) in [5.41, 5.74) is 3.44. The lowest BCUT2D eigenvalue weighted by atomic mass is 10.1. The number of aryl methyl sites for hydroxylation is 1. The van der Waals surface area contributed by atoms with Crippen LogP contribution in [0.4, 0.5) is 11.8 Å². The van der Waals surface area contributed by atoms with Crippen molar-refractivity contribution in [3.05, 3.63) is 11.8 Å². The lowest BCUT2D eigenvalue weighted by Crippen LogP contribution is -2.27. The van der Waals surface area contributed by atoms with Gasteiger partial charge >= 0.3 is 0 Å². The molecule has 1 unspecified atom stereocenters. The number of aromatic nitrogens is 2. The first kappa shape index (κ1) is 12.1. The molecule has 6 heteroatoms. The number of nitrogen functional groups attached to an aromatic ring is 1. The minimum absolute atomic E-state index is 0.285. The Morgan fingerprint density at radius 3 is 3.12 bits per heavy atom. The Hall–Kier alpha value is -1.40. The molecule has 1 aromatic heterocycles. The summed E-state index contributed by atoms with van der Waals surface area (Å²) in [7, 11) is 0. The smallest absolute Gasteiger partial charge is 0.239 e. The Morgan fingerprint density at radius 2 is 2.41 bits per heavy atom. The van der Waals surface area contributed by atoms with Crippen LogP contribution in [0.15, 0.2) is 6.20 Å². The molecule has 2 heterocycles. The molecular formula is C11H19N5O. The van der Waals surface area contributed by atoms with E-state index in [2.05, 4.69) is 20.7 Å². The molecule has 94 valence electrons. The molecule has 0 aromatic carbocycles. The third-order valence-electron chi connectivity index (χ3n) is 2.87. The molecule has 1 fully saturated rings. The SMILES string of the molecule is Cc1cnc(NN)nc1NCC1CCCCO1. The molecule has 0 amide bonds. The first-order chi connectivity index (χ1) is 8.29. The van der Waals surface area contributed by atoms with Crippen molar-refractivity contribution >= 4 is 11.8 Å². The van der Waals surface area contributed by atoms with Gasteiger partial charge in [0.15, 0.2) is 0 Å². The van der Waals surface area contributed by atoms with E-state index in [4.69, 9.17) is 10.6 Å². The van der Waals surface area contributed by atoms with E-state index in [1.807, 2.05) is 6.92 Å². The van der Waals surface area contributed by atoms with Crippen molar-refractivity contribution in [2.24, 2.45) is 5.84 Å². The Balaban J connectivity index is 1.92. The zero-order valence-corrected chi connectivity index (χ0v) is 10.1. The minimum Gasteiger partial charge on any atom is -0.376 e. The summed E-state index contributed by atoms with van der Waals surface area (Å²) < 4.78 is 5.65. The first-order valence-electron chi connectivity index (χ1n) is 5.95. The zero-order valence-electron chi connectivity index (χ0n) is 10.1. The number of hydrogen-bond donors (Lipinski definition) is 3. The summed E-state index contributed by atoms with van der Waals surface area (Å²) >= 11 is 0. The second kappa shape index (κ2) is 5.79. The molecule has 4 N–H and O–H groups in total. The zero-order chi connectivity index (χ0) is 12.1. The van der Waals surface area contributed by atoms with E-state index in [1.54, 1.807) is 6.20 Å². The Labute approximate surface area is 101 Å². The van der Waals surface area contributed by atoms with E-state index in [9.17, 15) is 0 Å². The average molecular weight is 237 g/mol. The summed E-state index contributed by atoms with van der Waals surface area (Å²) in [6.07, 6.45) is 5.55. The van der Waals surface area contributed by atoms with Gasteiger partial charge in [-0.1, -0.05) is 0 Å². The summed E-state index contributed by atoms with van der Waals surface area (Å²) in [5.74, 6) is 6.51. The van der Waals surface area contributed by atoms with Gasteiger partial charge in [0.1, 0.15) is 5.82 Å². The van der Waals surface area contributed by atoms with Crippen LogP contribution in [0.1, 0.15) is 24.8 Å². The van der Waals surface area contributed by atoms with Gasteiger partial charge in [0.05, 0.1) is 6.10 Å². The van der Waals surface area contributed by atoms with Crippen molar-refractivity contribution in [1.82, 2.24) is 9.97 Å². The molecule has 17 heavy (non-hydrogen) atoms. The molecule has 0 bridgehead atoms. The highest BCUT2D eigenvalue weighted by molar-refractivity contribution is 5.46. The highest BCUT2D eigenvalue weighted by atomic mass is 16.5. The molecule has 2 rings (SSSR count). The number of anilines is 2. The van der Waals surface area contributed by atoms with Gasteiger partial charge in [-0.2, -0.15) is 4.98 Å². The average Bonchev–Trinajstić information content (AvgIpc) is 2.39. The van der Waals surface area contributed by atoms with Gasteiger partial charge < -0.3 is 10.1 Å². The summed E-state index contributed by atoms with van der Waals surface area (Å²) in [4.78, 5) is 8.29. The quantitative estimate of drug-likeness (QED) is 0.536. The lowest BCUT2D eigenvalue weighted by molar-refractivity contribution is 0.0247. The molecule has 1 saturated heterocycles. The van der Waals surface area contributed by atoms with E-state index in [0.29, 0.717) is 5.95 Å².